The van der Waals surface area contributed by atoms with Gasteiger partial charge in [-0.05, 0) is 76.3 Å². The smallest absolute Gasteiger partial charge is 0.408 e. The highest BCUT2D eigenvalue weighted by Crippen LogP contribution is 2.28. The molecule has 3 N–H and O–H groups in total. The normalized spacial score (nSPS) is 12.8. The lowest BCUT2D eigenvalue weighted by atomic mass is 9.95. The first-order chi connectivity index (χ1) is 19.4. The van der Waals surface area contributed by atoms with Crippen LogP contribution in [0.25, 0.3) is 0 Å². The van der Waals surface area contributed by atoms with E-state index in [0.717, 1.165) is 47.9 Å². The van der Waals surface area contributed by atoms with Gasteiger partial charge in [-0.1, -0.05) is 69.0 Å². The van der Waals surface area contributed by atoms with Gasteiger partial charge in [-0.3, -0.25) is 9.59 Å². The molecule has 8 nitrogen and oxygen atoms in total. The fourth-order valence-corrected chi connectivity index (χ4v) is 4.68. The number of aromatic hydroxyl groups is 1. The van der Waals surface area contributed by atoms with Gasteiger partial charge in [0.05, 0.1) is 0 Å². The van der Waals surface area contributed by atoms with Crippen molar-refractivity contribution in [2.24, 2.45) is 0 Å². The quantitative estimate of drug-likeness (QED) is 0.238. The number of hydrogen-bond donors (Lipinski definition) is 3. The van der Waals surface area contributed by atoms with E-state index in [0.29, 0.717) is 19.5 Å². The van der Waals surface area contributed by atoms with Crippen LogP contribution in [0.5, 0.6) is 5.75 Å². The summed E-state index contributed by atoms with van der Waals surface area (Å²) in [7, 11) is 0. The lowest BCUT2D eigenvalue weighted by Crippen LogP contribution is -2.54. The zero-order chi connectivity index (χ0) is 30.6. The molecule has 0 bridgehead atoms. The van der Waals surface area contributed by atoms with Crippen LogP contribution >= 0.6 is 0 Å². The van der Waals surface area contributed by atoms with Gasteiger partial charge in [-0.2, -0.15) is 0 Å². The van der Waals surface area contributed by atoms with Gasteiger partial charge in [0.25, 0.3) is 0 Å². The predicted molar refractivity (Wildman–Crippen MR) is 163 cm³/mol. The van der Waals surface area contributed by atoms with Crippen molar-refractivity contribution in [2.45, 2.75) is 105 Å². The standard InChI is InChI=1S/C33H49N3O5/c1-8-10-12-20-36(29(30(38)34-19-11-9-2)27-18-13-23(3)21-24(27)4)31(39)28(35-32(40)41-33(5,6)7)22-25-14-16-26(37)17-15-25/h13-18,21,28-29,37H,8-12,19-20,22H2,1-7H3,(H,34,38)(H,35,40). The number of ether oxygens (including phenoxy) is 1. The molecule has 0 aliphatic rings. The van der Waals surface area contributed by atoms with Crippen molar-refractivity contribution in [1.82, 2.24) is 15.5 Å². The SMILES string of the molecule is CCCCCN(C(=O)C(Cc1ccc(O)cc1)NC(=O)OC(C)(C)C)C(C(=O)NCCCC)c1ccc(C)cc1C. The molecule has 0 radical (unpaired) electrons. The molecule has 0 fully saturated rings. The molecule has 2 unspecified atom stereocenters. The molecular formula is C33H49N3O5. The number of carbonyl (C=O) groups is 3. The molecule has 2 atom stereocenters. The number of unbranched alkanes of at least 4 members (excludes halogenated alkanes) is 3. The van der Waals surface area contributed by atoms with Crippen LogP contribution in [0.2, 0.25) is 0 Å². The van der Waals surface area contributed by atoms with Gasteiger partial charge in [0.15, 0.2) is 0 Å². The Morgan fingerprint density at radius 3 is 2.20 bits per heavy atom. The molecule has 41 heavy (non-hydrogen) atoms. The van der Waals surface area contributed by atoms with Gasteiger partial charge in [0.1, 0.15) is 23.4 Å². The molecular weight excluding hydrogens is 518 g/mol. The Balaban J connectivity index is 2.58. The number of benzene rings is 2. The Hall–Kier alpha value is -3.55. The molecule has 226 valence electrons. The van der Waals surface area contributed by atoms with Crippen LogP contribution in [0, 0.1) is 13.8 Å². The Labute approximate surface area is 245 Å². The first kappa shape index (κ1) is 33.7. The second-order valence-electron chi connectivity index (χ2n) is 11.7. The van der Waals surface area contributed by atoms with E-state index in [1.165, 1.54) is 0 Å². The maximum atomic E-state index is 14.5. The van der Waals surface area contributed by atoms with E-state index in [1.807, 2.05) is 32.0 Å². The molecule has 0 saturated heterocycles. The van der Waals surface area contributed by atoms with Crippen LogP contribution in [0.3, 0.4) is 0 Å². The van der Waals surface area contributed by atoms with Crippen LogP contribution in [-0.4, -0.2) is 52.6 Å². The van der Waals surface area contributed by atoms with E-state index in [2.05, 4.69) is 24.5 Å². The summed E-state index contributed by atoms with van der Waals surface area (Å²) in [6.45, 7) is 14.3. The number of phenols is 1. The summed E-state index contributed by atoms with van der Waals surface area (Å²) in [6, 6.07) is 10.6. The molecule has 0 saturated carbocycles. The minimum Gasteiger partial charge on any atom is -0.508 e. The summed E-state index contributed by atoms with van der Waals surface area (Å²) >= 11 is 0. The second-order valence-corrected chi connectivity index (χ2v) is 11.7. The summed E-state index contributed by atoms with van der Waals surface area (Å²) < 4.78 is 5.50. The third-order valence-corrected chi connectivity index (χ3v) is 6.76. The van der Waals surface area contributed by atoms with Crippen LogP contribution < -0.4 is 10.6 Å². The van der Waals surface area contributed by atoms with Gasteiger partial charge in [-0.25, -0.2) is 4.79 Å². The third-order valence-electron chi connectivity index (χ3n) is 6.76. The highest BCUT2D eigenvalue weighted by molar-refractivity contribution is 5.92. The van der Waals surface area contributed by atoms with Crippen molar-refractivity contribution in [3.63, 3.8) is 0 Å². The Bertz CT molecular complexity index is 1140. The summed E-state index contributed by atoms with van der Waals surface area (Å²) in [5, 5.41) is 15.6. The minimum absolute atomic E-state index is 0.108. The number of hydrogen-bond acceptors (Lipinski definition) is 5. The van der Waals surface area contributed by atoms with E-state index in [9.17, 15) is 19.5 Å². The number of aryl methyl sites for hydroxylation is 2. The molecule has 0 aliphatic carbocycles. The van der Waals surface area contributed by atoms with Crippen molar-refractivity contribution in [3.05, 3.63) is 64.7 Å². The maximum absolute atomic E-state index is 14.5. The Morgan fingerprint density at radius 1 is 0.951 bits per heavy atom. The molecule has 3 amide bonds. The second kappa shape index (κ2) is 16.0. The lowest BCUT2D eigenvalue weighted by Gasteiger charge is -2.35. The fourth-order valence-electron chi connectivity index (χ4n) is 4.68. The number of carbonyl (C=O) groups excluding carboxylic acids is 3. The molecule has 2 rings (SSSR count). The van der Waals surface area contributed by atoms with E-state index >= 15 is 0 Å². The van der Waals surface area contributed by atoms with E-state index in [4.69, 9.17) is 4.74 Å². The van der Waals surface area contributed by atoms with Crippen molar-refractivity contribution in [3.8, 4) is 5.75 Å². The highest BCUT2D eigenvalue weighted by atomic mass is 16.6. The number of rotatable bonds is 14. The summed E-state index contributed by atoms with van der Waals surface area (Å²) in [5.41, 5.74) is 2.75. The highest BCUT2D eigenvalue weighted by Gasteiger charge is 2.36. The summed E-state index contributed by atoms with van der Waals surface area (Å²) in [5.74, 6) is -0.497. The van der Waals surface area contributed by atoms with Gasteiger partial charge in [0.2, 0.25) is 11.8 Å². The topological polar surface area (TPSA) is 108 Å². The van der Waals surface area contributed by atoms with Crippen LogP contribution in [-0.2, 0) is 20.7 Å². The average molecular weight is 568 g/mol. The fraction of sp³-hybridized carbons (Fsp3) is 0.545. The average Bonchev–Trinajstić information content (AvgIpc) is 2.88. The first-order valence-electron chi connectivity index (χ1n) is 14.8. The first-order valence-corrected chi connectivity index (χ1v) is 14.8. The summed E-state index contributed by atoms with van der Waals surface area (Å²) in [6.07, 6.45) is 3.78. The Kier molecular flexibility index (Phi) is 13.2. The van der Waals surface area contributed by atoms with Crippen LogP contribution in [0.4, 0.5) is 4.79 Å². The van der Waals surface area contributed by atoms with Crippen molar-refractivity contribution >= 4 is 17.9 Å². The van der Waals surface area contributed by atoms with Crippen molar-refractivity contribution in [1.29, 1.82) is 0 Å². The van der Waals surface area contributed by atoms with Crippen LogP contribution in [0.15, 0.2) is 42.5 Å². The summed E-state index contributed by atoms with van der Waals surface area (Å²) in [4.78, 5) is 42.8. The molecule has 8 heteroatoms. The minimum atomic E-state index is -0.993. The van der Waals surface area contributed by atoms with E-state index in [-0.39, 0.29) is 24.0 Å². The largest absolute Gasteiger partial charge is 0.508 e. The molecule has 0 aromatic heterocycles. The third kappa shape index (κ3) is 11.1. The number of nitrogens with one attached hydrogen (secondary N) is 2. The number of amides is 3. The molecule has 2 aromatic carbocycles. The molecule has 0 aliphatic heterocycles. The Morgan fingerprint density at radius 2 is 1.61 bits per heavy atom. The van der Waals surface area contributed by atoms with Crippen molar-refractivity contribution < 1.29 is 24.2 Å². The number of nitrogens with zero attached hydrogens (tertiary/aromatic N) is 1. The lowest BCUT2D eigenvalue weighted by molar-refractivity contribution is -0.142. The zero-order valence-electron chi connectivity index (χ0n) is 25.9. The zero-order valence-corrected chi connectivity index (χ0v) is 25.9. The maximum Gasteiger partial charge on any atom is 0.408 e. The predicted octanol–water partition coefficient (Wildman–Crippen LogP) is 6.12. The molecule has 2 aromatic rings. The number of phenolic OH excluding ortho intramolecular Hbond substituents is 1. The van der Waals surface area contributed by atoms with Gasteiger partial charge >= 0.3 is 6.09 Å². The van der Waals surface area contributed by atoms with E-state index < -0.39 is 23.8 Å². The van der Waals surface area contributed by atoms with Gasteiger partial charge in [-0.15, -0.1) is 0 Å². The van der Waals surface area contributed by atoms with Crippen molar-refractivity contribution in [2.75, 3.05) is 13.1 Å². The van der Waals surface area contributed by atoms with Crippen LogP contribution in [0.1, 0.15) is 95.0 Å². The van der Waals surface area contributed by atoms with E-state index in [1.54, 1.807) is 49.9 Å². The van der Waals surface area contributed by atoms with Gasteiger partial charge in [0, 0.05) is 19.5 Å². The molecule has 0 heterocycles. The number of alkyl carbamates (subject to hydrolysis) is 1. The molecule has 0 spiro atoms. The monoisotopic (exact) mass is 567 g/mol. The van der Waals surface area contributed by atoms with Gasteiger partial charge < -0.3 is 25.4 Å².